The average molecular weight is 523 g/mol. The van der Waals surface area contributed by atoms with Gasteiger partial charge in [-0.05, 0) is 75.7 Å². The van der Waals surface area contributed by atoms with E-state index >= 15 is 0 Å². The van der Waals surface area contributed by atoms with Crippen LogP contribution in [0.1, 0.15) is 44.4 Å². The molecule has 0 radical (unpaired) electrons. The molecule has 0 spiro atoms. The van der Waals surface area contributed by atoms with Gasteiger partial charge in [-0.25, -0.2) is 0 Å². The van der Waals surface area contributed by atoms with Crippen molar-refractivity contribution in [2.45, 2.75) is 50.8 Å². The number of aliphatic imine (C=N–C) groups is 1. The summed E-state index contributed by atoms with van der Waals surface area (Å²) in [6.45, 7) is 11.0. The summed E-state index contributed by atoms with van der Waals surface area (Å²) in [5.41, 5.74) is 0. The number of hydrogen-bond donors (Lipinski definition) is 2. The molecule has 4 nitrogen and oxygen atoms in total. The molecular formula is C20H35IN4S2. The molecule has 2 N–H and O–H groups in total. The van der Waals surface area contributed by atoms with Crippen LogP contribution in [0.4, 0.5) is 0 Å². The molecule has 3 heterocycles. The average Bonchev–Trinajstić information content (AvgIpc) is 3.31. The topological polar surface area (TPSA) is 39.7 Å². The molecule has 0 aromatic carbocycles. The van der Waals surface area contributed by atoms with E-state index in [9.17, 15) is 0 Å². The van der Waals surface area contributed by atoms with Gasteiger partial charge in [-0.2, -0.15) is 11.8 Å². The van der Waals surface area contributed by atoms with Crippen LogP contribution < -0.4 is 10.6 Å². The van der Waals surface area contributed by atoms with Gasteiger partial charge in [-0.3, -0.25) is 9.89 Å². The van der Waals surface area contributed by atoms with Crippen molar-refractivity contribution in [1.29, 1.82) is 0 Å². The summed E-state index contributed by atoms with van der Waals surface area (Å²) in [4.78, 5) is 8.97. The highest BCUT2D eigenvalue weighted by molar-refractivity contribution is 14.0. The molecule has 2 saturated heterocycles. The van der Waals surface area contributed by atoms with Crippen molar-refractivity contribution in [2.24, 2.45) is 10.9 Å². The highest BCUT2D eigenvalue weighted by Crippen LogP contribution is 2.37. The van der Waals surface area contributed by atoms with Crippen molar-refractivity contribution < 1.29 is 0 Å². The lowest BCUT2D eigenvalue weighted by Crippen LogP contribution is -2.43. The minimum absolute atomic E-state index is 0. The number of hydrogen-bond acceptors (Lipinski definition) is 4. The normalized spacial score (nSPS) is 24.6. The number of guanidine groups is 1. The second-order valence-corrected chi connectivity index (χ2v) is 10.5. The predicted octanol–water partition coefficient (Wildman–Crippen LogP) is 4.42. The predicted molar refractivity (Wildman–Crippen MR) is 132 cm³/mol. The van der Waals surface area contributed by atoms with Crippen LogP contribution in [-0.2, 0) is 6.54 Å². The first-order chi connectivity index (χ1) is 12.7. The Morgan fingerprint density at radius 3 is 2.78 bits per heavy atom. The van der Waals surface area contributed by atoms with E-state index in [-0.39, 0.29) is 24.0 Å². The van der Waals surface area contributed by atoms with Crippen LogP contribution >= 0.6 is 47.1 Å². The summed E-state index contributed by atoms with van der Waals surface area (Å²) in [6.07, 6.45) is 5.20. The molecule has 2 aliphatic rings. The van der Waals surface area contributed by atoms with E-state index in [4.69, 9.17) is 4.99 Å². The first-order valence-electron chi connectivity index (χ1n) is 10.1. The molecule has 2 fully saturated rings. The fourth-order valence-corrected chi connectivity index (χ4v) is 5.73. The van der Waals surface area contributed by atoms with Crippen LogP contribution in [0, 0.1) is 5.92 Å². The summed E-state index contributed by atoms with van der Waals surface area (Å²) >= 11 is 3.96. The van der Waals surface area contributed by atoms with Crippen LogP contribution in [0.15, 0.2) is 22.5 Å². The van der Waals surface area contributed by atoms with Crippen molar-refractivity contribution in [1.82, 2.24) is 15.5 Å². The van der Waals surface area contributed by atoms with Crippen molar-refractivity contribution in [3.8, 4) is 0 Å². The second kappa shape index (κ2) is 11.9. The highest BCUT2D eigenvalue weighted by atomic mass is 127. The largest absolute Gasteiger partial charge is 0.357 e. The lowest BCUT2D eigenvalue weighted by Gasteiger charge is -2.32. The summed E-state index contributed by atoms with van der Waals surface area (Å²) in [7, 11) is 0. The molecule has 0 saturated carbocycles. The molecule has 154 valence electrons. The lowest BCUT2D eigenvalue weighted by molar-refractivity contribution is 0.179. The van der Waals surface area contributed by atoms with Crippen LogP contribution in [0.25, 0.3) is 0 Å². The molecule has 1 aromatic rings. The van der Waals surface area contributed by atoms with Gasteiger partial charge in [0.25, 0.3) is 0 Å². The smallest absolute Gasteiger partial charge is 0.191 e. The standard InChI is InChI=1S/C20H34N4S2.HI/c1-3-21-19(23-16-20(2)9-5-13-26-20)22-14-17-7-10-24(11-8-17)15-18-6-4-12-25-18;/h4,6,12,17H,3,5,7-11,13-16H2,1-2H3,(H2,21,22,23);1H. The molecule has 1 aromatic heterocycles. The van der Waals surface area contributed by atoms with Crippen molar-refractivity contribution in [3.05, 3.63) is 22.4 Å². The Kier molecular flexibility index (Phi) is 10.2. The maximum atomic E-state index is 4.88. The molecule has 0 aliphatic carbocycles. The summed E-state index contributed by atoms with van der Waals surface area (Å²) in [5, 5.41) is 9.21. The molecule has 3 rings (SSSR count). The Morgan fingerprint density at radius 2 is 2.15 bits per heavy atom. The zero-order valence-electron chi connectivity index (χ0n) is 16.7. The number of piperidine rings is 1. The van der Waals surface area contributed by atoms with Crippen molar-refractivity contribution in [3.63, 3.8) is 0 Å². The number of rotatable bonds is 7. The van der Waals surface area contributed by atoms with Crippen LogP contribution in [0.2, 0.25) is 0 Å². The lowest BCUT2D eigenvalue weighted by atomic mass is 9.97. The third-order valence-corrected chi connectivity index (χ3v) is 7.83. The van der Waals surface area contributed by atoms with Crippen molar-refractivity contribution in [2.75, 3.05) is 38.5 Å². The summed E-state index contributed by atoms with van der Waals surface area (Å²) < 4.78 is 0.343. The first kappa shape index (κ1) is 23.3. The summed E-state index contributed by atoms with van der Waals surface area (Å²) in [5.74, 6) is 3.05. The quantitative estimate of drug-likeness (QED) is 0.316. The Labute approximate surface area is 190 Å². The van der Waals surface area contributed by atoms with Gasteiger partial charge in [0, 0.05) is 29.3 Å². The highest BCUT2D eigenvalue weighted by Gasteiger charge is 2.29. The molecule has 0 amide bonds. The molecule has 7 heteroatoms. The monoisotopic (exact) mass is 522 g/mol. The Balaban J connectivity index is 0.00000261. The van der Waals surface area contributed by atoms with E-state index in [0.29, 0.717) is 4.75 Å². The van der Waals surface area contributed by atoms with Gasteiger partial charge in [0.15, 0.2) is 5.96 Å². The van der Waals surface area contributed by atoms with Crippen molar-refractivity contribution >= 4 is 53.0 Å². The number of thioether (sulfide) groups is 1. The fourth-order valence-electron chi connectivity index (χ4n) is 3.76. The van der Waals surface area contributed by atoms with Crippen LogP contribution in [-0.4, -0.2) is 54.1 Å². The Hall–Kier alpha value is 0.01000. The molecule has 27 heavy (non-hydrogen) atoms. The molecule has 0 bridgehead atoms. The molecule has 1 atom stereocenters. The van der Waals surface area contributed by atoms with E-state index in [1.165, 1.54) is 49.4 Å². The number of thiophene rings is 1. The van der Waals surface area contributed by atoms with Gasteiger partial charge in [-0.15, -0.1) is 35.3 Å². The Bertz CT molecular complexity index is 550. The van der Waals surface area contributed by atoms with Crippen LogP contribution in [0.3, 0.4) is 0 Å². The SMILES string of the molecule is CCNC(=NCC1(C)CCCS1)NCC1CCN(Cc2cccs2)CC1.I. The zero-order chi connectivity index (χ0) is 18.2. The van der Waals surface area contributed by atoms with E-state index < -0.39 is 0 Å². The first-order valence-corrected chi connectivity index (χ1v) is 11.9. The minimum Gasteiger partial charge on any atom is -0.357 e. The molecule has 2 aliphatic heterocycles. The third kappa shape index (κ3) is 7.74. The third-order valence-electron chi connectivity index (χ3n) is 5.44. The van der Waals surface area contributed by atoms with Gasteiger partial charge in [-0.1, -0.05) is 6.07 Å². The maximum absolute atomic E-state index is 4.88. The van der Waals surface area contributed by atoms with Crippen LogP contribution in [0.5, 0.6) is 0 Å². The number of likely N-dealkylation sites (tertiary alicyclic amines) is 1. The number of nitrogens with one attached hydrogen (secondary N) is 2. The molecular weight excluding hydrogens is 487 g/mol. The summed E-state index contributed by atoms with van der Waals surface area (Å²) in [6, 6.07) is 4.41. The molecule has 1 unspecified atom stereocenters. The zero-order valence-corrected chi connectivity index (χ0v) is 20.7. The van der Waals surface area contributed by atoms with Gasteiger partial charge < -0.3 is 10.6 Å². The Morgan fingerprint density at radius 1 is 1.33 bits per heavy atom. The fraction of sp³-hybridized carbons (Fsp3) is 0.750. The van der Waals surface area contributed by atoms with E-state index in [1.807, 2.05) is 11.3 Å². The van der Waals surface area contributed by atoms with Gasteiger partial charge in [0.05, 0.1) is 6.54 Å². The second-order valence-electron chi connectivity index (χ2n) is 7.78. The van der Waals surface area contributed by atoms with E-state index in [2.05, 4.69) is 58.7 Å². The van der Waals surface area contributed by atoms with Gasteiger partial charge in [0.2, 0.25) is 0 Å². The van der Waals surface area contributed by atoms with E-state index in [1.54, 1.807) is 0 Å². The number of nitrogens with zero attached hydrogens (tertiary/aromatic N) is 2. The van der Waals surface area contributed by atoms with Gasteiger partial charge in [0.1, 0.15) is 0 Å². The van der Waals surface area contributed by atoms with E-state index in [0.717, 1.165) is 38.1 Å². The number of halogens is 1. The van der Waals surface area contributed by atoms with Gasteiger partial charge >= 0.3 is 0 Å². The minimum atomic E-state index is 0. The maximum Gasteiger partial charge on any atom is 0.191 e.